The number of hydrogen-bond acceptors (Lipinski definition) is 6. The minimum Gasteiger partial charge on any atom is -0.493 e. The van der Waals surface area contributed by atoms with Crippen LogP contribution in [0.5, 0.6) is 11.5 Å². The fourth-order valence-electron chi connectivity index (χ4n) is 3.31. The number of likely N-dealkylation sites (tertiary alicyclic amines) is 1. The van der Waals surface area contributed by atoms with E-state index in [9.17, 15) is 14.4 Å². The molecule has 148 valence electrons. The first kappa shape index (κ1) is 20.7. The molecule has 0 spiro atoms. The summed E-state index contributed by atoms with van der Waals surface area (Å²) in [6.45, 7) is 4.82. The maximum atomic E-state index is 12.4. The number of ether oxygens (including phenoxy) is 3. The zero-order valence-corrected chi connectivity index (χ0v) is 16.3. The monoisotopic (exact) mass is 377 g/mol. The summed E-state index contributed by atoms with van der Waals surface area (Å²) in [6, 6.07) is 5.01. The van der Waals surface area contributed by atoms with Gasteiger partial charge in [0.05, 0.1) is 7.11 Å². The molecular weight excluding hydrogens is 350 g/mol. The Bertz CT molecular complexity index is 692. The first-order valence-corrected chi connectivity index (χ1v) is 9.12. The Morgan fingerprint density at radius 2 is 1.74 bits per heavy atom. The molecule has 1 aromatic carbocycles. The average Bonchev–Trinajstić information content (AvgIpc) is 2.64. The Balaban J connectivity index is 1.86. The number of esters is 1. The van der Waals surface area contributed by atoms with Gasteiger partial charge in [-0.3, -0.25) is 9.59 Å². The third-order valence-electron chi connectivity index (χ3n) is 4.75. The second kappa shape index (κ2) is 9.39. The van der Waals surface area contributed by atoms with Crippen LogP contribution in [0.15, 0.2) is 18.2 Å². The van der Waals surface area contributed by atoms with E-state index in [4.69, 9.17) is 14.2 Å². The fourth-order valence-corrected chi connectivity index (χ4v) is 3.31. The van der Waals surface area contributed by atoms with Gasteiger partial charge in [0, 0.05) is 17.6 Å². The highest BCUT2D eigenvalue weighted by molar-refractivity contribution is 5.94. The van der Waals surface area contributed by atoms with E-state index in [1.807, 2.05) is 13.8 Å². The van der Waals surface area contributed by atoms with Crippen LogP contribution in [-0.2, 0) is 14.3 Å². The van der Waals surface area contributed by atoms with Crippen LogP contribution in [0.4, 0.5) is 0 Å². The summed E-state index contributed by atoms with van der Waals surface area (Å²) in [5.74, 6) is -0.254. The summed E-state index contributed by atoms with van der Waals surface area (Å²) < 4.78 is 15.6. The molecule has 2 atom stereocenters. The summed E-state index contributed by atoms with van der Waals surface area (Å²) in [7, 11) is 1.45. The molecule has 1 fully saturated rings. The minimum absolute atomic E-state index is 0.0982. The molecule has 0 aliphatic carbocycles. The third kappa shape index (κ3) is 5.45. The number of carbonyl (C=O) groups excluding carboxylic acids is 3. The molecule has 27 heavy (non-hydrogen) atoms. The molecule has 0 bridgehead atoms. The van der Waals surface area contributed by atoms with Gasteiger partial charge >= 0.3 is 5.97 Å². The number of Topliss-reactive ketones (excluding diaryl/α,β-unsaturated/α-hetero) is 1. The fraction of sp³-hybridized carbons (Fsp3) is 0.550. The smallest absolute Gasteiger partial charge is 0.344 e. The van der Waals surface area contributed by atoms with Crippen molar-refractivity contribution in [1.29, 1.82) is 0 Å². The van der Waals surface area contributed by atoms with Gasteiger partial charge < -0.3 is 19.1 Å². The molecule has 7 nitrogen and oxygen atoms in total. The van der Waals surface area contributed by atoms with E-state index in [0.717, 1.165) is 19.3 Å². The van der Waals surface area contributed by atoms with E-state index < -0.39 is 5.97 Å². The van der Waals surface area contributed by atoms with E-state index in [1.165, 1.54) is 14.0 Å². The Kier molecular flexibility index (Phi) is 7.21. The van der Waals surface area contributed by atoms with E-state index >= 15 is 0 Å². The van der Waals surface area contributed by atoms with Crippen LogP contribution < -0.4 is 9.47 Å². The van der Waals surface area contributed by atoms with Gasteiger partial charge in [0.15, 0.2) is 30.5 Å². The summed E-state index contributed by atoms with van der Waals surface area (Å²) >= 11 is 0. The quantitative estimate of drug-likeness (QED) is 0.537. The second-order valence-corrected chi connectivity index (χ2v) is 6.80. The Labute approximate surface area is 159 Å². The van der Waals surface area contributed by atoms with Crippen molar-refractivity contribution in [3.63, 3.8) is 0 Å². The molecule has 0 radical (unpaired) electrons. The van der Waals surface area contributed by atoms with Crippen LogP contribution in [0.2, 0.25) is 0 Å². The number of nitrogens with zero attached hydrogens (tertiary/aromatic N) is 1. The number of hydrogen-bond donors (Lipinski definition) is 0. The molecule has 0 N–H and O–H groups in total. The number of carbonyl (C=O) groups is 3. The number of methoxy groups -OCH3 is 1. The van der Waals surface area contributed by atoms with Gasteiger partial charge in [0.2, 0.25) is 0 Å². The summed E-state index contributed by atoms with van der Waals surface area (Å²) in [5, 5.41) is 0. The standard InChI is InChI=1S/C20H27NO6/c1-13-6-5-7-14(2)21(13)19(23)11-27-20(24)12-26-17-9-8-16(15(3)22)10-18(17)25-4/h8-10,13-14H,5-7,11-12H2,1-4H3/t13-,14-/m0/s1. The van der Waals surface area contributed by atoms with Gasteiger partial charge in [0.25, 0.3) is 5.91 Å². The van der Waals surface area contributed by atoms with Crippen LogP contribution in [0.3, 0.4) is 0 Å². The molecule has 1 aliphatic rings. The first-order valence-electron chi connectivity index (χ1n) is 9.12. The van der Waals surface area contributed by atoms with E-state index in [1.54, 1.807) is 23.1 Å². The van der Waals surface area contributed by atoms with E-state index in [-0.39, 0.29) is 37.0 Å². The Morgan fingerprint density at radius 3 is 2.33 bits per heavy atom. The van der Waals surface area contributed by atoms with Crippen LogP contribution in [0, 0.1) is 0 Å². The van der Waals surface area contributed by atoms with Crippen molar-refractivity contribution in [2.24, 2.45) is 0 Å². The van der Waals surface area contributed by atoms with Crippen molar-refractivity contribution in [1.82, 2.24) is 4.90 Å². The Morgan fingerprint density at radius 1 is 1.07 bits per heavy atom. The lowest BCUT2D eigenvalue weighted by Crippen LogP contribution is -2.49. The predicted octanol–water partition coefficient (Wildman–Crippen LogP) is 2.61. The van der Waals surface area contributed by atoms with Crippen molar-refractivity contribution in [2.45, 2.75) is 52.1 Å². The van der Waals surface area contributed by atoms with E-state index in [2.05, 4.69) is 0 Å². The maximum Gasteiger partial charge on any atom is 0.344 e. The van der Waals surface area contributed by atoms with Crippen molar-refractivity contribution < 1.29 is 28.6 Å². The first-order chi connectivity index (χ1) is 12.8. The highest BCUT2D eigenvalue weighted by atomic mass is 16.6. The lowest BCUT2D eigenvalue weighted by Gasteiger charge is -2.38. The second-order valence-electron chi connectivity index (χ2n) is 6.80. The van der Waals surface area contributed by atoms with Gasteiger partial charge in [0.1, 0.15) is 0 Å². The van der Waals surface area contributed by atoms with Crippen molar-refractivity contribution in [3.05, 3.63) is 23.8 Å². The van der Waals surface area contributed by atoms with Gasteiger partial charge in [-0.05, 0) is 58.2 Å². The van der Waals surface area contributed by atoms with Gasteiger partial charge in [-0.1, -0.05) is 0 Å². The summed E-state index contributed by atoms with van der Waals surface area (Å²) in [4.78, 5) is 37.5. The molecule has 2 rings (SSSR count). The molecule has 1 amide bonds. The van der Waals surface area contributed by atoms with Crippen molar-refractivity contribution in [2.75, 3.05) is 20.3 Å². The number of piperidine rings is 1. The average molecular weight is 377 g/mol. The molecule has 0 unspecified atom stereocenters. The zero-order chi connectivity index (χ0) is 20.0. The van der Waals surface area contributed by atoms with Crippen molar-refractivity contribution >= 4 is 17.7 Å². The molecule has 1 aromatic rings. The highest BCUT2D eigenvalue weighted by Gasteiger charge is 2.29. The van der Waals surface area contributed by atoms with Crippen molar-refractivity contribution in [3.8, 4) is 11.5 Å². The highest BCUT2D eigenvalue weighted by Crippen LogP contribution is 2.28. The van der Waals surface area contributed by atoms with Crippen LogP contribution in [-0.4, -0.2) is 55.0 Å². The topological polar surface area (TPSA) is 82.1 Å². The van der Waals surface area contributed by atoms with Gasteiger partial charge in [-0.15, -0.1) is 0 Å². The Hall–Kier alpha value is -2.57. The van der Waals surface area contributed by atoms with Crippen LogP contribution in [0.25, 0.3) is 0 Å². The number of benzene rings is 1. The zero-order valence-electron chi connectivity index (χ0n) is 16.3. The molecule has 0 saturated carbocycles. The van der Waals surface area contributed by atoms with Crippen LogP contribution in [0.1, 0.15) is 50.4 Å². The molecule has 0 aromatic heterocycles. The number of amides is 1. The lowest BCUT2D eigenvalue weighted by atomic mass is 9.97. The lowest BCUT2D eigenvalue weighted by molar-refractivity contribution is -0.156. The molecule has 1 aliphatic heterocycles. The molecular formula is C20H27NO6. The van der Waals surface area contributed by atoms with Gasteiger partial charge in [-0.2, -0.15) is 0 Å². The maximum absolute atomic E-state index is 12.4. The normalized spacial score (nSPS) is 19.3. The van der Waals surface area contributed by atoms with E-state index in [0.29, 0.717) is 17.1 Å². The SMILES string of the molecule is COc1cc(C(C)=O)ccc1OCC(=O)OCC(=O)N1[C@@H](C)CCC[C@@H]1C. The van der Waals surface area contributed by atoms with Crippen LogP contribution >= 0.6 is 0 Å². The minimum atomic E-state index is -0.640. The number of ketones is 1. The predicted molar refractivity (Wildman–Crippen MR) is 99.1 cm³/mol. The molecule has 7 heteroatoms. The largest absolute Gasteiger partial charge is 0.493 e. The number of rotatable bonds is 7. The summed E-state index contributed by atoms with van der Waals surface area (Å²) in [5.41, 5.74) is 0.483. The third-order valence-corrected chi connectivity index (χ3v) is 4.75. The summed E-state index contributed by atoms with van der Waals surface area (Å²) in [6.07, 6.45) is 3.02. The molecule has 1 heterocycles. The van der Waals surface area contributed by atoms with Gasteiger partial charge in [-0.25, -0.2) is 4.79 Å². The molecule has 1 saturated heterocycles.